The van der Waals surface area contributed by atoms with Crippen molar-refractivity contribution in [1.82, 2.24) is 5.32 Å². The first kappa shape index (κ1) is 20.7. The van der Waals surface area contributed by atoms with Gasteiger partial charge in [0, 0.05) is 17.7 Å². The molecular formula is C20H28N2O5. The molecule has 0 bridgehead atoms. The lowest BCUT2D eigenvalue weighted by Crippen LogP contribution is -2.43. The molecule has 1 unspecified atom stereocenters. The van der Waals surface area contributed by atoms with E-state index in [0.717, 1.165) is 12.8 Å². The predicted molar refractivity (Wildman–Crippen MR) is 102 cm³/mol. The summed E-state index contributed by atoms with van der Waals surface area (Å²) in [6.45, 7) is 5.77. The zero-order valence-electron chi connectivity index (χ0n) is 16.1. The molecule has 7 heteroatoms. The first-order valence-electron chi connectivity index (χ1n) is 9.20. The predicted octanol–water partition coefficient (Wildman–Crippen LogP) is 2.81. The van der Waals surface area contributed by atoms with Crippen molar-refractivity contribution in [2.75, 3.05) is 11.9 Å². The Kier molecular flexibility index (Phi) is 6.82. The van der Waals surface area contributed by atoms with E-state index in [-0.39, 0.29) is 23.8 Å². The first-order valence-corrected chi connectivity index (χ1v) is 9.20. The number of carboxylic acid groups (broad SMARTS) is 1. The lowest BCUT2D eigenvalue weighted by Gasteiger charge is -2.21. The molecule has 0 spiro atoms. The summed E-state index contributed by atoms with van der Waals surface area (Å²) in [6.07, 6.45) is 2.87. The van der Waals surface area contributed by atoms with Crippen molar-refractivity contribution in [3.05, 3.63) is 24.3 Å². The second kappa shape index (κ2) is 8.88. The van der Waals surface area contributed by atoms with Gasteiger partial charge >= 0.3 is 5.97 Å². The number of ether oxygens (including phenoxy) is 1. The van der Waals surface area contributed by atoms with Crippen molar-refractivity contribution >= 4 is 23.5 Å². The molecule has 0 radical (unpaired) electrons. The number of nitrogens with one attached hydrogen (secondary N) is 2. The molecule has 3 N–H and O–H groups in total. The molecule has 2 amide bonds. The fourth-order valence-corrected chi connectivity index (χ4v) is 2.47. The minimum absolute atomic E-state index is 0.00644. The maximum atomic E-state index is 12.0. The zero-order valence-corrected chi connectivity index (χ0v) is 16.1. The van der Waals surface area contributed by atoms with E-state index in [1.807, 2.05) is 20.8 Å². The highest BCUT2D eigenvalue weighted by Gasteiger charge is 2.29. The SMILES string of the molecule is CC(C)(C)CCC(NC(=O)COc1cccc(NC(=O)C2CC2)c1)C(=O)O. The van der Waals surface area contributed by atoms with Crippen molar-refractivity contribution in [2.45, 2.75) is 52.5 Å². The minimum atomic E-state index is -1.06. The molecule has 7 nitrogen and oxygen atoms in total. The van der Waals surface area contributed by atoms with Crippen molar-refractivity contribution in [1.29, 1.82) is 0 Å². The van der Waals surface area contributed by atoms with E-state index in [1.54, 1.807) is 24.3 Å². The summed E-state index contributed by atoms with van der Waals surface area (Å²) in [5, 5.41) is 14.6. The van der Waals surface area contributed by atoms with Crippen LogP contribution < -0.4 is 15.4 Å². The first-order chi connectivity index (χ1) is 12.6. The van der Waals surface area contributed by atoms with Crippen LogP contribution >= 0.6 is 0 Å². The van der Waals surface area contributed by atoms with E-state index in [2.05, 4.69) is 10.6 Å². The lowest BCUT2D eigenvalue weighted by molar-refractivity contribution is -0.142. The number of hydrogen-bond acceptors (Lipinski definition) is 4. The van der Waals surface area contributed by atoms with Gasteiger partial charge in [0.2, 0.25) is 5.91 Å². The summed E-state index contributed by atoms with van der Waals surface area (Å²) in [6, 6.07) is 5.85. The molecule has 1 aliphatic rings. The third kappa shape index (κ3) is 7.68. The van der Waals surface area contributed by atoms with Gasteiger partial charge in [-0.1, -0.05) is 26.8 Å². The summed E-state index contributed by atoms with van der Waals surface area (Å²) in [7, 11) is 0. The van der Waals surface area contributed by atoms with Crippen molar-refractivity contribution in [3.63, 3.8) is 0 Å². The molecule has 1 atom stereocenters. The molecule has 1 saturated carbocycles. The highest BCUT2D eigenvalue weighted by atomic mass is 16.5. The van der Waals surface area contributed by atoms with Crippen molar-refractivity contribution in [2.24, 2.45) is 11.3 Å². The fourth-order valence-electron chi connectivity index (χ4n) is 2.47. The second-order valence-corrected chi connectivity index (χ2v) is 8.14. The Hall–Kier alpha value is -2.57. The molecule has 1 fully saturated rings. The summed E-state index contributed by atoms with van der Waals surface area (Å²) >= 11 is 0. The van der Waals surface area contributed by atoms with Crippen LogP contribution in [0.1, 0.15) is 46.5 Å². The second-order valence-electron chi connectivity index (χ2n) is 8.14. The van der Waals surface area contributed by atoms with Gasteiger partial charge in [-0.3, -0.25) is 9.59 Å². The van der Waals surface area contributed by atoms with Crippen LogP contribution in [0.5, 0.6) is 5.75 Å². The van der Waals surface area contributed by atoms with Crippen LogP contribution in [0, 0.1) is 11.3 Å². The van der Waals surface area contributed by atoms with E-state index in [1.165, 1.54) is 0 Å². The Labute approximate surface area is 159 Å². The molecule has 0 aromatic heterocycles. The molecule has 1 aliphatic carbocycles. The van der Waals surface area contributed by atoms with E-state index in [9.17, 15) is 19.5 Å². The van der Waals surface area contributed by atoms with E-state index in [4.69, 9.17) is 4.74 Å². The van der Waals surface area contributed by atoms with Gasteiger partial charge in [-0.15, -0.1) is 0 Å². The smallest absolute Gasteiger partial charge is 0.326 e. The van der Waals surface area contributed by atoms with E-state index < -0.39 is 17.9 Å². The normalized spacial score (nSPS) is 14.9. The molecule has 0 aliphatic heterocycles. The zero-order chi connectivity index (χ0) is 20.0. The molecule has 1 aromatic carbocycles. The Morgan fingerprint density at radius 2 is 1.96 bits per heavy atom. The van der Waals surface area contributed by atoms with E-state index in [0.29, 0.717) is 24.3 Å². The van der Waals surface area contributed by atoms with Gasteiger partial charge in [-0.2, -0.15) is 0 Å². The van der Waals surface area contributed by atoms with Crippen LogP contribution in [0.2, 0.25) is 0 Å². The summed E-state index contributed by atoms with van der Waals surface area (Å²) < 4.78 is 5.44. The number of anilines is 1. The van der Waals surface area contributed by atoms with Gasteiger partial charge < -0.3 is 20.5 Å². The topological polar surface area (TPSA) is 105 Å². The van der Waals surface area contributed by atoms with Gasteiger partial charge in [0.15, 0.2) is 6.61 Å². The minimum Gasteiger partial charge on any atom is -0.484 e. The largest absolute Gasteiger partial charge is 0.484 e. The Morgan fingerprint density at radius 3 is 2.56 bits per heavy atom. The van der Waals surface area contributed by atoms with Gasteiger partial charge in [0.1, 0.15) is 11.8 Å². The van der Waals surface area contributed by atoms with Crippen molar-refractivity contribution in [3.8, 4) is 5.75 Å². The van der Waals surface area contributed by atoms with Crippen LogP contribution in [-0.2, 0) is 14.4 Å². The average Bonchev–Trinajstić information content (AvgIpc) is 3.41. The molecular weight excluding hydrogens is 348 g/mol. The van der Waals surface area contributed by atoms with E-state index >= 15 is 0 Å². The number of hydrogen-bond donors (Lipinski definition) is 3. The molecule has 1 aromatic rings. The third-order valence-electron chi connectivity index (χ3n) is 4.24. The Bertz CT molecular complexity index is 692. The highest BCUT2D eigenvalue weighted by molar-refractivity contribution is 5.94. The van der Waals surface area contributed by atoms with Crippen LogP contribution in [-0.4, -0.2) is 35.5 Å². The number of amides is 2. The Balaban J connectivity index is 1.82. The number of aliphatic carboxylic acids is 1. The van der Waals surface area contributed by atoms with Gasteiger partial charge in [-0.05, 0) is 43.2 Å². The molecule has 148 valence electrons. The van der Waals surface area contributed by atoms with Crippen LogP contribution in [0.25, 0.3) is 0 Å². The maximum absolute atomic E-state index is 12.0. The van der Waals surface area contributed by atoms with Crippen LogP contribution in [0.15, 0.2) is 24.3 Å². The van der Waals surface area contributed by atoms with Gasteiger partial charge in [-0.25, -0.2) is 4.79 Å². The van der Waals surface area contributed by atoms with Gasteiger partial charge in [0.25, 0.3) is 5.91 Å². The number of benzene rings is 1. The average molecular weight is 376 g/mol. The highest BCUT2D eigenvalue weighted by Crippen LogP contribution is 2.30. The number of carboxylic acids is 1. The molecule has 27 heavy (non-hydrogen) atoms. The summed E-state index contributed by atoms with van der Waals surface area (Å²) in [5.41, 5.74) is 0.596. The summed E-state index contributed by atoms with van der Waals surface area (Å²) in [5.74, 6) is -1.03. The number of rotatable bonds is 9. The van der Waals surface area contributed by atoms with Crippen LogP contribution in [0.3, 0.4) is 0 Å². The molecule has 0 saturated heterocycles. The monoisotopic (exact) mass is 376 g/mol. The number of carbonyl (C=O) groups is 3. The molecule has 2 rings (SSSR count). The quantitative estimate of drug-likeness (QED) is 0.615. The summed E-state index contributed by atoms with van der Waals surface area (Å²) in [4.78, 5) is 35.2. The fraction of sp³-hybridized carbons (Fsp3) is 0.550. The van der Waals surface area contributed by atoms with Gasteiger partial charge in [0.05, 0.1) is 0 Å². The molecule has 0 heterocycles. The van der Waals surface area contributed by atoms with Crippen molar-refractivity contribution < 1.29 is 24.2 Å². The lowest BCUT2D eigenvalue weighted by atomic mass is 9.88. The third-order valence-corrected chi connectivity index (χ3v) is 4.24. The number of carbonyl (C=O) groups excluding carboxylic acids is 2. The Morgan fingerprint density at radius 1 is 1.26 bits per heavy atom. The standard InChI is InChI=1S/C20H28N2O5/c1-20(2,3)10-9-16(19(25)26)22-17(23)12-27-15-6-4-5-14(11-15)21-18(24)13-7-8-13/h4-6,11,13,16H,7-10,12H2,1-3H3,(H,21,24)(H,22,23)(H,25,26). The maximum Gasteiger partial charge on any atom is 0.326 e. The van der Waals surface area contributed by atoms with Crippen LogP contribution in [0.4, 0.5) is 5.69 Å².